The second kappa shape index (κ2) is 13.6. The van der Waals surface area contributed by atoms with E-state index in [1.165, 1.54) is 6.07 Å². The first-order valence-electron chi connectivity index (χ1n) is 17.9. The average molecular weight is 738 g/mol. The summed E-state index contributed by atoms with van der Waals surface area (Å²) in [4.78, 5) is 58.8. The van der Waals surface area contributed by atoms with E-state index >= 15 is 0 Å². The van der Waals surface area contributed by atoms with Crippen molar-refractivity contribution in [3.63, 3.8) is 0 Å². The van der Waals surface area contributed by atoms with Gasteiger partial charge in [-0.1, -0.05) is 32.6 Å². The topological polar surface area (TPSA) is 112 Å². The van der Waals surface area contributed by atoms with Crippen LogP contribution in [0.15, 0.2) is 43.0 Å². The molecule has 54 heavy (non-hydrogen) atoms. The number of aldehydes is 1. The van der Waals surface area contributed by atoms with E-state index in [4.69, 9.17) is 9.97 Å². The van der Waals surface area contributed by atoms with Crippen molar-refractivity contribution in [1.29, 1.82) is 0 Å². The van der Waals surface area contributed by atoms with Crippen LogP contribution in [0.25, 0.3) is 39.3 Å². The number of aryl methyl sites for hydroxylation is 2. The van der Waals surface area contributed by atoms with Crippen LogP contribution < -0.4 is 0 Å². The molecule has 3 aliphatic heterocycles. The largest absolute Gasteiger partial charge is 0.416 e. The third kappa shape index (κ3) is 5.97. The first kappa shape index (κ1) is 36.7. The van der Waals surface area contributed by atoms with Gasteiger partial charge in [-0.25, -0.2) is 9.37 Å². The summed E-state index contributed by atoms with van der Waals surface area (Å²) in [5.41, 5.74) is 8.04. The maximum atomic E-state index is 14.8. The molecule has 2 atom stereocenters. The minimum absolute atomic E-state index is 0.0518. The van der Waals surface area contributed by atoms with Crippen LogP contribution in [-0.4, -0.2) is 42.9 Å². The fourth-order valence-corrected chi connectivity index (χ4v) is 8.08. The number of halogens is 4. The Morgan fingerprint density at radius 3 is 2.24 bits per heavy atom. The summed E-state index contributed by atoms with van der Waals surface area (Å²) in [6, 6.07) is 8.53. The van der Waals surface area contributed by atoms with Crippen LogP contribution in [0.1, 0.15) is 129 Å². The van der Waals surface area contributed by atoms with Crippen LogP contribution in [0, 0.1) is 13.8 Å². The van der Waals surface area contributed by atoms with Crippen molar-refractivity contribution in [2.75, 3.05) is 0 Å². The molecular formula is C42H39F4N5O3. The van der Waals surface area contributed by atoms with Gasteiger partial charge in [-0.05, 0) is 97.3 Å². The Morgan fingerprint density at radius 1 is 0.889 bits per heavy atom. The first-order valence-corrected chi connectivity index (χ1v) is 17.9. The Labute approximate surface area is 309 Å². The molecule has 0 fully saturated rings. The molecule has 8 nitrogen and oxygen atoms in total. The number of carbonyl (C=O) groups is 3. The van der Waals surface area contributed by atoms with Crippen LogP contribution in [0.2, 0.25) is 0 Å². The number of allylic oxidation sites excluding steroid dienone is 2. The molecule has 278 valence electrons. The van der Waals surface area contributed by atoms with Crippen molar-refractivity contribution in [3.8, 4) is 0 Å². The average Bonchev–Trinajstić information content (AvgIpc) is 3.81. The molecule has 2 N–H and O–H groups in total. The fraction of sp³-hybridized carbons (Fsp3) is 0.310. The number of nitrogens with zero attached hydrogens (tertiary/aromatic N) is 3. The predicted molar refractivity (Wildman–Crippen MR) is 200 cm³/mol. The van der Waals surface area contributed by atoms with Crippen molar-refractivity contribution < 1.29 is 31.9 Å². The summed E-state index contributed by atoms with van der Waals surface area (Å²) >= 11 is 0. The van der Waals surface area contributed by atoms with Gasteiger partial charge >= 0.3 is 6.18 Å². The van der Waals surface area contributed by atoms with Crippen LogP contribution in [0.4, 0.5) is 17.6 Å². The maximum absolute atomic E-state index is 14.8. The minimum Gasteiger partial charge on any atom is -0.355 e. The van der Waals surface area contributed by atoms with E-state index in [1.807, 2.05) is 45.9 Å². The molecule has 0 saturated carbocycles. The summed E-state index contributed by atoms with van der Waals surface area (Å²) < 4.78 is 55.5. The number of aromatic amines is 2. The number of hydrogen-bond donors (Lipinski definition) is 2. The van der Waals surface area contributed by atoms with Gasteiger partial charge in [0, 0.05) is 46.1 Å². The molecule has 0 unspecified atom stereocenters. The van der Waals surface area contributed by atoms with E-state index in [2.05, 4.69) is 16.5 Å². The van der Waals surface area contributed by atoms with E-state index in [1.54, 1.807) is 13.0 Å². The Bertz CT molecular complexity index is 2490. The fourth-order valence-electron chi connectivity index (χ4n) is 8.08. The molecule has 2 amide bonds. The number of rotatable bonds is 8. The number of H-pyrrole nitrogens is 2. The van der Waals surface area contributed by atoms with Crippen molar-refractivity contribution in [3.05, 3.63) is 110 Å². The van der Waals surface area contributed by atoms with Gasteiger partial charge in [0.05, 0.1) is 45.8 Å². The van der Waals surface area contributed by atoms with E-state index in [0.717, 1.165) is 56.3 Å². The number of fused-ring (bicyclic) bond motifs is 8. The Balaban J connectivity index is 1.59. The third-order valence-corrected chi connectivity index (χ3v) is 11.0. The highest BCUT2D eigenvalue weighted by Gasteiger charge is 2.41. The molecule has 7 rings (SSSR count). The maximum Gasteiger partial charge on any atom is 0.416 e. The van der Waals surface area contributed by atoms with E-state index in [0.29, 0.717) is 47.1 Å². The molecule has 3 aliphatic rings. The number of nitrogens with one attached hydrogen (secondary N) is 2. The Morgan fingerprint density at radius 2 is 1.57 bits per heavy atom. The van der Waals surface area contributed by atoms with Gasteiger partial charge in [-0.3, -0.25) is 19.5 Å². The summed E-state index contributed by atoms with van der Waals surface area (Å²) in [5, 5.41) is 0. The SMILES string of the molecule is C=Cc1c(C)c2cc3nc(c4c5[nH]c(cc6nc(cc1[nH]2)C(C)=C6CC)c(C)c5C(=O)N(Cc1cc(CF)cc(C(F)(F)F)c1)C4=O)[C@@H](CCC=O)[C@@H]3C. The molecule has 8 bridgehead atoms. The lowest BCUT2D eigenvalue weighted by Crippen LogP contribution is -2.40. The third-order valence-electron chi connectivity index (χ3n) is 11.0. The molecule has 6 heterocycles. The zero-order valence-electron chi connectivity index (χ0n) is 30.6. The highest BCUT2D eigenvalue weighted by Crippen LogP contribution is 2.44. The molecule has 4 aromatic rings. The predicted octanol–water partition coefficient (Wildman–Crippen LogP) is 10.1. The van der Waals surface area contributed by atoms with E-state index in [9.17, 15) is 31.9 Å². The smallest absolute Gasteiger partial charge is 0.355 e. The Hall–Kier alpha value is -5.65. The monoisotopic (exact) mass is 737 g/mol. The van der Waals surface area contributed by atoms with Gasteiger partial charge < -0.3 is 14.8 Å². The summed E-state index contributed by atoms with van der Waals surface area (Å²) in [6.07, 6.45) is -0.983. The van der Waals surface area contributed by atoms with Crippen molar-refractivity contribution in [2.24, 2.45) is 0 Å². The lowest BCUT2D eigenvalue weighted by Gasteiger charge is -2.27. The number of imide groups is 1. The highest BCUT2D eigenvalue weighted by atomic mass is 19.4. The van der Waals surface area contributed by atoms with Crippen molar-refractivity contribution in [1.82, 2.24) is 24.8 Å². The number of benzene rings is 1. The number of aromatic nitrogens is 4. The van der Waals surface area contributed by atoms with Crippen LogP contribution >= 0.6 is 0 Å². The van der Waals surface area contributed by atoms with E-state index < -0.39 is 42.7 Å². The first-order chi connectivity index (χ1) is 25.7. The van der Waals surface area contributed by atoms with Crippen molar-refractivity contribution >= 4 is 57.4 Å². The van der Waals surface area contributed by atoms with Gasteiger partial charge in [0.2, 0.25) is 0 Å². The van der Waals surface area contributed by atoms with Crippen LogP contribution in [0.3, 0.4) is 0 Å². The Kier molecular flexibility index (Phi) is 9.27. The molecule has 0 radical (unpaired) electrons. The zero-order chi connectivity index (χ0) is 38.8. The molecule has 0 spiro atoms. The molecule has 3 aromatic heterocycles. The van der Waals surface area contributed by atoms with Crippen LogP contribution in [0.5, 0.6) is 0 Å². The van der Waals surface area contributed by atoms with E-state index in [-0.39, 0.29) is 40.1 Å². The zero-order valence-corrected chi connectivity index (χ0v) is 30.6. The quantitative estimate of drug-likeness (QED) is 0.106. The van der Waals surface area contributed by atoms with Gasteiger partial charge in [-0.15, -0.1) is 0 Å². The normalized spacial score (nSPS) is 17.1. The standard InChI is InChI=1S/C42H39F4N5O3/c1-7-27-20(3)30-15-32-22(5)29(10-9-11-52)38(49-32)37-39-36(23(6)33(50-39)17-35-28(8-2)21(4)31(48-35)16-34(27)47-30)40(53)51(41(37)54)19-25-12-24(18-43)13-26(14-25)42(44,45)46/h7,11-17,22,29,47,50H,1,8-10,18-19H2,2-6H3/t22-,29-/m0/s1. The second-order valence-corrected chi connectivity index (χ2v) is 14.2. The summed E-state index contributed by atoms with van der Waals surface area (Å²) in [5.74, 6) is -2.16. The van der Waals surface area contributed by atoms with Gasteiger partial charge in [0.1, 0.15) is 13.0 Å². The minimum atomic E-state index is -4.78. The number of alkyl halides is 4. The van der Waals surface area contributed by atoms with Gasteiger partial charge in [0.15, 0.2) is 0 Å². The van der Waals surface area contributed by atoms with Crippen molar-refractivity contribution in [2.45, 2.75) is 85.1 Å². The second-order valence-electron chi connectivity index (χ2n) is 14.2. The number of amides is 2. The van der Waals surface area contributed by atoms with Gasteiger partial charge in [0.25, 0.3) is 11.8 Å². The molecule has 12 heteroatoms. The summed E-state index contributed by atoms with van der Waals surface area (Å²) in [6.45, 7) is 12.1. The number of hydrogen-bond acceptors (Lipinski definition) is 5. The molecular weight excluding hydrogens is 698 g/mol. The molecule has 0 saturated heterocycles. The number of carbonyl (C=O) groups excluding carboxylic acids is 3. The lowest BCUT2D eigenvalue weighted by molar-refractivity contribution is -0.137. The van der Waals surface area contributed by atoms with Gasteiger partial charge in [-0.2, -0.15) is 13.2 Å². The summed E-state index contributed by atoms with van der Waals surface area (Å²) in [7, 11) is 0. The van der Waals surface area contributed by atoms with Crippen LogP contribution in [-0.2, 0) is 24.2 Å². The molecule has 1 aromatic carbocycles. The highest BCUT2D eigenvalue weighted by molar-refractivity contribution is 6.23. The lowest BCUT2D eigenvalue weighted by atomic mass is 9.84. The molecule has 0 aliphatic carbocycles.